The first-order valence-corrected chi connectivity index (χ1v) is 19.3. The molecular weight excluding hydrogens is 894 g/mol. The molecule has 1 aliphatic rings. The Balaban J connectivity index is 0.00000469. The Labute approximate surface area is 355 Å². The first kappa shape index (κ1) is 38.7. The summed E-state index contributed by atoms with van der Waals surface area (Å²) in [5.41, 5.74) is 10.4. The summed E-state index contributed by atoms with van der Waals surface area (Å²) < 4.78 is 8.93. The topological polar surface area (TPSA) is 57.3 Å². The fourth-order valence-corrected chi connectivity index (χ4v) is 7.59. The van der Waals surface area contributed by atoms with Crippen molar-refractivity contribution in [2.75, 3.05) is 9.80 Å². The molecule has 58 heavy (non-hydrogen) atoms. The van der Waals surface area contributed by atoms with Crippen LogP contribution >= 0.6 is 0 Å². The van der Waals surface area contributed by atoms with E-state index in [1.54, 1.807) is 0 Å². The molecule has 0 fully saturated rings. The SMILES string of the molecule is CC(C)(C)c1cc(Oc2[c-]c3c(cc2)c2ccccc2n3-c2cc(C(C)(C)C)ccn2)[c-]c(N2[CH-]N(c3ccc(C#N)c(-c4ccccc4)c3)c3ccccc32)c1.[Pt]. The molecule has 0 N–H and O–H groups in total. The van der Waals surface area contributed by atoms with Crippen molar-refractivity contribution in [1.29, 1.82) is 5.26 Å². The molecular formula is C51H42N5OPt-3. The van der Waals surface area contributed by atoms with Crippen molar-refractivity contribution in [2.45, 2.75) is 52.4 Å². The Hall–Kier alpha value is -6.15. The first-order chi connectivity index (χ1) is 27.5. The first-order valence-electron chi connectivity index (χ1n) is 19.3. The number of nitriles is 1. The average molecular weight is 936 g/mol. The third kappa shape index (κ3) is 7.05. The second-order valence-corrected chi connectivity index (χ2v) is 16.6. The number of hydrogen-bond acceptors (Lipinski definition) is 5. The Morgan fingerprint density at radius 2 is 1.36 bits per heavy atom. The van der Waals surface area contributed by atoms with E-state index >= 15 is 0 Å². The Kier molecular flexibility index (Phi) is 10.00. The summed E-state index contributed by atoms with van der Waals surface area (Å²) in [6.07, 6.45) is 1.89. The van der Waals surface area contributed by atoms with E-state index < -0.39 is 0 Å². The number of anilines is 4. The predicted molar refractivity (Wildman–Crippen MR) is 232 cm³/mol. The third-order valence-corrected chi connectivity index (χ3v) is 10.7. The van der Waals surface area contributed by atoms with E-state index in [4.69, 9.17) is 9.72 Å². The van der Waals surface area contributed by atoms with Crippen LogP contribution in [0.3, 0.4) is 0 Å². The van der Waals surface area contributed by atoms with Gasteiger partial charge in [-0.05, 0) is 75.9 Å². The molecule has 1 aliphatic heterocycles. The van der Waals surface area contributed by atoms with Crippen LogP contribution < -0.4 is 14.5 Å². The van der Waals surface area contributed by atoms with Crippen LogP contribution in [-0.2, 0) is 31.9 Å². The van der Waals surface area contributed by atoms with Crippen molar-refractivity contribution in [3.63, 3.8) is 0 Å². The average Bonchev–Trinajstić information content (AvgIpc) is 3.76. The predicted octanol–water partition coefficient (Wildman–Crippen LogP) is 13.1. The van der Waals surface area contributed by atoms with Gasteiger partial charge in [0.05, 0.1) is 11.6 Å². The van der Waals surface area contributed by atoms with Gasteiger partial charge in [-0.25, -0.2) is 4.98 Å². The summed E-state index contributed by atoms with van der Waals surface area (Å²) in [7, 11) is 0. The molecule has 0 spiro atoms. The van der Waals surface area contributed by atoms with Gasteiger partial charge in [0.1, 0.15) is 5.82 Å². The second kappa shape index (κ2) is 15.0. The monoisotopic (exact) mass is 935 g/mol. The molecule has 0 aliphatic carbocycles. The summed E-state index contributed by atoms with van der Waals surface area (Å²) in [6, 6.07) is 55.1. The summed E-state index contributed by atoms with van der Waals surface area (Å²) in [5.74, 6) is 2.03. The summed E-state index contributed by atoms with van der Waals surface area (Å²) in [6.45, 7) is 15.4. The van der Waals surface area contributed by atoms with Crippen LogP contribution in [0.1, 0.15) is 58.2 Å². The van der Waals surface area contributed by atoms with Crippen molar-refractivity contribution < 1.29 is 25.8 Å². The number of benzene rings is 6. The standard InChI is InChI=1S/C51H42N5O.Pt/c1-50(2,3)36-24-25-53-49(28-36)56-45-17-11-10-16-42(45)43-23-22-40(31-48(43)56)57-41-27-37(51(4,5)6)26-39(29-41)55-33-54(46-18-12-13-19-47(46)55)38-21-20-35(32-52)44(30-38)34-14-8-7-9-15-34;/h7-28,30,33H,1-6H3;/q-3;. The number of pyridine rings is 1. The second-order valence-electron chi connectivity index (χ2n) is 16.6. The van der Waals surface area contributed by atoms with Crippen molar-refractivity contribution >= 4 is 44.6 Å². The van der Waals surface area contributed by atoms with E-state index in [0.717, 1.165) is 67.1 Å². The molecule has 0 amide bonds. The molecule has 0 unspecified atom stereocenters. The molecule has 0 radical (unpaired) electrons. The van der Waals surface area contributed by atoms with Gasteiger partial charge in [0.25, 0.3) is 0 Å². The maximum absolute atomic E-state index is 9.99. The minimum atomic E-state index is -0.178. The van der Waals surface area contributed by atoms with Crippen molar-refractivity contribution in [3.05, 3.63) is 175 Å². The van der Waals surface area contributed by atoms with Gasteiger partial charge in [0.2, 0.25) is 0 Å². The van der Waals surface area contributed by atoms with E-state index in [0.29, 0.717) is 17.1 Å². The molecule has 2 aromatic heterocycles. The maximum atomic E-state index is 9.99. The smallest absolute Gasteiger partial charge is 0.135 e. The van der Waals surface area contributed by atoms with Gasteiger partial charge in [-0.1, -0.05) is 108 Å². The van der Waals surface area contributed by atoms with Crippen LogP contribution in [0.2, 0.25) is 0 Å². The number of aromatic nitrogens is 2. The number of hydrogen-bond donors (Lipinski definition) is 0. The van der Waals surface area contributed by atoms with Gasteiger partial charge in [0, 0.05) is 66.9 Å². The number of rotatable bonds is 6. The van der Waals surface area contributed by atoms with E-state index in [2.05, 4.69) is 166 Å². The Morgan fingerprint density at radius 1 is 0.655 bits per heavy atom. The van der Waals surface area contributed by atoms with E-state index in [1.807, 2.05) is 54.7 Å². The van der Waals surface area contributed by atoms with Crippen LogP contribution in [0.4, 0.5) is 22.7 Å². The van der Waals surface area contributed by atoms with E-state index in [1.165, 1.54) is 5.56 Å². The zero-order valence-corrected chi connectivity index (χ0v) is 35.6. The minimum Gasteiger partial charge on any atom is -0.509 e. The van der Waals surface area contributed by atoms with E-state index in [-0.39, 0.29) is 31.9 Å². The number of para-hydroxylation sites is 3. The van der Waals surface area contributed by atoms with Crippen molar-refractivity contribution in [1.82, 2.24) is 9.55 Å². The third-order valence-electron chi connectivity index (χ3n) is 10.7. The van der Waals surface area contributed by atoms with Gasteiger partial charge < -0.3 is 19.1 Å². The van der Waals surface area contributed by atoms with Crippen LogP contribution in [0.5, 0.6) is 11.5 Å². The molecule has 7 heteroatoms. The van der Waals surface area contributed by atoms with Gasteiger partial charge in [-0.15, -0.1) is 53.6 Å². The summed E-state index contributed by atoms with van der Waals surface area (Å²) in [4.78, 5) is 9.18. The largest absolute Gasteiger partial charge is 0.509 e. The van der Waals surface area contributed by atoms with Gasteiger partial charge in [0.15, 0.2) is 0 Å². The van der Waals surface area contributed by atoms with E-state index in [9.17, 15) is 5.26 Å². The fraction of sp³-hybridized carbons (Fsp3) is 0.157. The number of fused-ring (bicyclic) bond motifs is 4. The zero-order valence-electron chi connectivity index (χ0n) is 33.3. The van der Waals surface area contributed by atoms with Crippen molar-refractivity contribution in [2.24, 2.45) is 0 Å². The molecule has 0 saturated heterocycles. The Morgan fingerprint density at radius 3 is 2.10 bits per heavy atom. The molecule has 6 aromatic carbocycles. The zero-order chi connectivity index (χ0) is 39.5. The summed E-state index contributed by atoms with van der Waals surface area (Å²) >= 11 is 0. The Bertz CT molecular complexity index is 2860. The van der Waals surface area contributed by atoms with Gasteiger partial charge >= 0.3 is 0 Å². The number of nitrogens with zero attached hydrogens (tertiary/aromatic N) is 5. The normalized spacial score (nSPS) is 12.7. The van der Waals surface area contributed by atoms with Crippen LogP contribution in [0.25, 0.3) is 38.8 Å². The quantitative estimate of drug-likeness (QED) is 0.156. The fourth-order valence-electron chi connectivity index (χ4n) is 7.59. The molecule has 0 bridgehead atoms. The van der Waals surface area contributed by atoms with Gasteiger partial charge in [-0.2, -0.15) is 11.3 Å². The summed E-state index contributed by atoms with van der Waals surface area (Å²) in [5, 5.41) is 12.2. The van der Waals surface area contributed by atoms with Crippen molar-refractivity contribution in [3.8, 4) is 34.5 Å². The molecule has 0 saturated carbocycles. The van der Waals surface area contributed by atoms with Gasteiger partial charge in [-0.3, -0.25) is 0 Å². The molecule has 9 rings (SSSR count). The molecule has 0 atom stereocenters. The van der Waals surface area contributed by atoms with Crippen LogP contribution in [-0.4, -0.2) is 9.55 Å². The molecule has 8 aromatic rings. The minimum absolute atomic E-state index is 0. The van der Waals surface area contributed by atoms with Crippen LogP contribution in [0, 0.1) is 30.1 Å². The maximum Gasteiger partial charge on any atom is 0.135 e. The molecule has 6 nitrogen and oxygen atoms in total. The van der Waals surface area contributed by atoms with Crippen LogP contribution in [0.15, 0.2) is 140 Å². The molecule has 290 valence electrons. The number of ether oxygens (including phenoxy) is 1. The molecule has 3 heterocycles.